The van der Waals surface area contributed by atoms with Gasteiger partial charge in [0.2, 0.25) is 0 Å². The zero-order valence-corrected chi connectivity index (χ0v) is 23.1. The number of ether oxygens (including phenoxy) is 2. The summed E-state index contributed by atoms with van der Waals surface area (Å²) >= 11 is 0. The van der Waals surface area contributed by atoms with Crippen LogP contribution in [0.5, 0.6) is 5.75 Å². The number of benzene rings is 4. The minimum Gasteiger partial charge on any atom is -0.461 e. The van der Waals surface area contributed by atoms with Crippen molar-refractivity contribution in [2.75, 3.05) is 6.54 Å². The van der Waals surface area contributed by atoms with Gasteiger partial charge in [0.1, 0.15) is 23.9 Å². The summed E-state index contributed by atoms with van der Waals surface area (Å²) in [5.74, 6) is -2.54. The Morgan fingerprint density at radius 1 is 0.683 bits per heavy atom. The normalized spacial score (nSPS) is 12.6. The molecule has 0 fully saturated rings. The van der Waals surface area contributed by atoms with Crippen LogP contribution in [0.1, 0.15) is 29.0 Å². The molecule has 2 atom stereocenters. The van der Waals surface area contributed by atoms with Crippen LogP contribution in [0.2, 0.25) is 0 Å². The summed E-state index contributed by atoms with van der Waals surface area (Å²) in [6, 6.07) is 32.3. The molecular weight excluding hydrogens is 542 g/mol. The lowest BCUT2D eigenvalue weighted by molar-refractivity contribution is -0.150. The third-order valence-electron chi connectivity index (χ3n) is 6.40. The second-order valence-electron chi connectivity index (χ2n) is 9.34. The molecule has 4 rings (SSSR count). The molecule has 2 N–H and O–H groups in total. The maximum Gasteiger partial charge on any atom is 0.339 e. The molecule has 0 spiro atoms. The summed E-state index contributed by atoms with van der Waals surface area (Å²) < 4.78 is 41.6. The standard InChI is InChI=1S/C32H31NO7S/c33-21-27(20-30(34)38-22-24-10-4-1-5-11-24)31(32(35)39-23-25-12-6-2-7-13-25)26-16-18-28(19-17-26)40-41(36,37)29-14-8-3-9-15-29/h1-19,27,31H,20-23,33H2. The lowest BCUT2D eigenvalue weighted by Crippen LogP contribution is -2.31. The highest BCUT2D eigenvalue weighted by Gasteiger charge is 2.33. The second-order valence-corrected chi connectivity index (χ2v) is 10.9. The van der Waals surface area contributed by atoms with E-state index in [1.54, 1.807) is 30.3 Å². The molecule has 0 aliphatic heterocycles. The van der Waals surface area contributed by atoms with Crippen LogP contribution >= 0.6 is 0 Å². The molecule has 41 heavy (non-hydrogen) atoms. The summed E-state index contributed by atoms with van der Waals surface area (Å²) in [5.41, 5.74) is 8.21. The van der Waals surface area contributed by atoms with Crippen molar-refractivity contribution in [3.63, 3.8) is 0 Å². The first-order valence-electron chi connectivity index (χ1n) is 13.1. The van der Waals surface area contributed by atoms with Gasteiger partial charge in [-0.3, -0.25) is 9.59 Å². The third kappa shape index (κ3) is 8.51. The Hall–Kier alpha value is -4.47. The lowest BCUT2D eigenvalue weighted by Gasteiger charge is -2.25. The Morgan fingerprint density at radius 3 is 1.73 bits per heavy atom. The van der Waals surface area contributed by atoms with Crippen molar-refractivity contribution in [3.05, 3.63) is 132 Å². The van der Waals surface area contributed by atoms with Gasteiger partial charge in [0.15, 0.2) is 0 Å². The van der Waals surface area contributed by atoms with Gasteiger partial charge in [0.05, 0.1) is 12.3 Å². The number of carbonyl (C=O) groups is 2. The number of hydrogen-bond acceptors (Lipinski definition) is 8. The topological polar surface area (TPSA) is 122 Å². The molecule has 0 saturated carbocycles. The van der Waals surface area contributed by atoms with Crippen LogP contribution in [0.15, 0.2) is 120 Å². The molecule has 2 unspecified atom stereocenters. The zero-order valence-electron chi connectivity index (χ0n) is 22.3. The van der Waals surface area contributed by atoms with E-state index in [2.05, 4.69) is 0 Å². The highest BCUT2D eigenvalue weighted by molar-refractivity contribution is 7.87. The van der Waals surface area contributed by atoms with Crippen LogP contribution in [0.3, 0.4) is 0 Å². The molecule has 0 aliphatic carbocycles. The average Bonchev–Trinajstić information content (AvgIpc) is 3.00. The smallest absolute Gasteiger partial charge is 0.339 e. The van der Waals surface area contributed by atoms with Crippen molar-refractivity contribution in [1.82, 2.24) is 0 Å². The Morgan fingerprint density at radius 2 is 1.20 bits per heavy atom. The molecule has 4 aromatic rings. The maximum absolute atomic E-state index is 13.4. The minimum absolute atomic E-state index is 0.00613. The van der Waals surface area contributed by atoms with E-state index in [0.717, 1.165) is 11.1 Å². The van der Waals surface area contributed by atoms with E-state index in [4.69, 9.17) is 19.4 Å². The Labute approximate surface area is 239 Å². The first-order chi connectivity index (χ1) is 19.9. The van der Waals surface area contributed by atoms with Crippen molar-refractivity contribution < 1.29 is 31.7 Å². The third-order valence-corrected chi connectivity index (χ3v) is 7.66. The Kier molecular flexibility index (Phi) is 10.3. The molecular formula is C32H31NO7S. The Balaban J connectivity index is 1.52. The van der Waals surface area contributed by atoms with Crippen LogP contribution < -0.4 is 9.92 Å². The highest BCUT2D eigenvalue weighted by Crippen LogP contribution is 2.31. The summed E-state index contributed by atoms with van der Waals surface area (Å²) in [4.78, 5) is 26.2. The molecule has 4 aromatic carbocycles. The van der Waals surface area contributed by atoms with Crippen molar-refractivity contribution in [2.24, 2.45) is 11.7 Å². The lowest BCUT2D eigenvalue weighted by atomic mass is 9.83. The number of hydrogen-bond donors (Lipinski definition) is 1. The molecule has 0 heterocycles. The Bertz CT molecular complexity index is 1510. The molecule has 0 aliphatic rings. The van der Waals surface area contributed by atoms with Gasteiger partial charge in [-0.25, -0.2) is 0 Å². The van der Waals surface area contributed by atoms with Gasteiger partial charge in [0.25, 0.3) is 0 Å². The summed E-state index contributed by atoms with van der Waals surface area (Å²) in [6.07, 6.45) is -0.116. The molecule has 0 aromatic heterocycles. The van der Waals surface area contributed by atoms with E-state index in [1.165, 1.54) is 24.3 Å². The predicted molar refractivity (Wildman–Crippen MR) is 153 cm³/mol. The van der Waals surface area contributed by atoms with Gasteiger partial charge in [-0.2, -0.15) is 8.42 Å². The summed E-state index contributed by atoms with van der Waals surface area (Å²) in [6.45, 7) is 0.149. The van der Waals surface area contributed by atoms with Crippen molar-refractivity contribution in [3.8, 4) is 5.75 Å². The molecule has 0 amide bonds. The van der Waals surface area contributed by atoms with E-state index in [0.29, 0.717) is 5.56 Å². The summed E-state index contributed by atoms with van der Waals surface area (Å²) in [5, 5.41) is 0. The van der Waals surface area contributed by atoms with Crippen LogP contribution in [-0.4, -0.2) is 26.9 Å². The van der Waals surface area contributed by atoms with Gasteiger partial charge >= 0.3 is 22.1 Å². The van der Waals surface area contributed by atoms with Crippen LogP contribution in [0, 0.1) is 5.92 Å². The van der Waals surface area contributed by atoms with Crippen molar-refractivity contribution >= 4 is 22.1 Å². The van der Waals surface area contributed by atoms with Crippen LogP contribution in [-0.2, 0) is 42.4 Å². The van der Waals surface area contributed by atoms with Crippen molar-refractivity contribution in [1.29, 1.82) is 0 Å². The van der Waals surface area contributed by atoms with E-state index < -0.39 is 33.9 Å². The fourth-order valence-corrected chi connectivity index (χ4v) is 5.21. The first kappa shape index (κ1) is 29.5. The van der Waals surface area contributed by atoms with Crippen molar-refractivity contribution in [2.45, 2.75) is 30.4 Å². The number of carbonyl (C=O) groups excluding carboxylic acids is 2. The van der Waals surface area contributed by atoms with Crippen LogP contribution in [0.4, 0.5) is 0 Å². The number of esters is 2. The quantitative estimate of drug-likeness (QED) is 0.175. The number of nitrogens with two attached hydrogens (primary N) is 1. The highest BCUT2D eigenvalue weighted by atomic mass is 32.2. The SMILES string of the molecule is NCC(CC(=O)OCc1ccccc1)C(C(=O)OCc1ccccc1)c1ccc(OS(=O)(=O)c2ccccc2)cc1. The van der Waals surface area contributed by atoms with Gasteiger partial charge in [-0.15, -0.1) is 0 Å². The fourth-order valence-electron chi connectivity index (χ4n) is 4.26. The van der Waals surface area contributed by atoms with E-state index in [-0.39, 0.29) is 36.8 Å². The summed E-state index contributed by atoms with van der Waals surface area (Å²) in [7, 11) is -4.04. The van der Waals surface area contributed by atoms with E-state index in [1.807, 2.05) is 60.7 Å². The molecule has 0 bridgehead atoms. The van der Waals surface area contributed by atoms with Gasteiger partial charge in [0, 0.05) is 0 Å². The second kappa shape index (κ2) is 14.2. The molecule has 9 heteroatoms. The molecule has 212 valence electrons. The first-order valence-corrected chi connectivity index (χ1v) is 14.5. The largest absolute Gasteiger partial charge is 0.461 e. The minimum atomic E-state index is -4.04. The average molecular weight is 574 g/mol. The fraction of sp³-hybridized carbons (Fsp3) is 0.188. The molecule has 8 nitrogen and oxygen atoms in total. The van der Waals surface area contributed by atoms with Gasteiger partial charge in [-0.1, -0.05) is 91.0 Å². The number of rotatable bonds is 13. The predicted octanol–water partition coefficient (Wildman–Crippen LogP) is 4.99. The molecule has 0 radical (unpaired) electrons. The molecule has 0 saturated heterocycles. The van der Waals surface area contributed by atoms with Gasteiger partial charge < -0.3 is 19.4 Å². The monoisotopic (exact) mass is 573 g/mol. The van der Waals surface area contributed by atoms with E-state index in [9.17, 15) is 18.0 Å². The zero-order chi connectivity index (χ0) is 29.1. The van der Waals surface area contributed by atoms with E-state index >= 15 is 0 Å². The van der Waals surface area contributed by atoms with Gasteiger partial charge in [-0.05, 0) is 53.4 Å². The van der Waals surface area contributed by atoms with Crippen LogP contribution in [0.25, 0.3) is 0 Å². The maximum atomic E-state index is 13.4.